The smallest absolute Gasteiger partial charge is 0.238 e. The van der Waals surface area contributed by atoms with Crippen LogP contribution in [0.25, 0.3) is 11.0 Å². The fraction of sp³-hybridized carbons (Fsp3) is 0.346. The van der Waals surface area contributed by atoms with Crippen molar-refractivity contribution in [1.82, 2.24) is 15.0 Å². The molecule has 1 aromatic carbocycles. The number of primary sulfonamides is 1. The first-order valence-corrected chi connectivity index (χ1v) is 13.7. The molecule has 3 atom stereocenters. The molecule has 8 nitrogen and oxygen atoms in total. The van der Waals surface area contributed by atoms with Crippen LogP contribution in [0, 0.1) is 5.92 Å². The molecular weight excluding hydrogens is 498 g/mol. The highest BCUT2D eigenvalue weighted by Gasteiger charge is 2.37. The second-order valence-electron chi connectivity index (χ2n) is 9.37. The van der Waals surface area contributed by atoms with Crippen LogP contribution in [-0.4, -0.2) is 48.7 Å². The van der Waals surface area contributed by atoms with Gasteiger partial charge in [-0.3, -0.25) is 0 Å². The van der Waals surface area contributed by atoms with Gasteiger partial charge in [-0.15, -0.1) is 0 Å². The zero-order valence-corrected chi connectivity index (χ0v) is 21.1. The lowest BCUT2D eigenvalue weighted by atomic mass is 9.85. The number of aromatic nitrogens is 3. The van der Waals surface area contributed by atoms with Gasteiger partial charge in [0.1, 0.15) is 29.7 Å². The van der Waals surface area contributed by atoms with Crippen LogP contribution in [0.1, 0.15) is 25.3 Å². The Balaban J connectivity index is 1.36. The molecule has 0 saturated carbocycles. The lowest BCUT2D eigenvalue weighted by Crippen LogP contribution is -2.36. The molecule has 2 aliphatic rings. The average molecular weight is 527 g/mol. The highest BCUT2D eigenvalue weighted by molar-refractivity contribution is 7.89. The van der Waals surface area contributed by atoms with Gasteiger partial charge in [0, 0.05) is 19.0 Å². The van der Waals surface area contributed by atoms with E-state index >= 15 is 0 Å². The van der Waals surface area contributed by atoms with Gasteiger partial charge in [0.05, 0.1) is 16.5 Å². The number of allylic oxidation sites excluding steroid dienone is 3. The zero-order valence-electron chi connectivity index (χ0n) is 20.3. The Kier molecular flexibility index (Phi) is 6.91. The molecule has 1 aliphatic carbocycles. The molecule has 1 fully saturated rings. The van der Waals surface area contributed by atoms with Crippen molar-refractivity contribution in [3.05, 3.63) is 71.8 Å². The van der Waals surface area contributed by atoms with Crippen LogP contribution in [0.2, 0.25) is 0 Å². The summed E-state index contributed by atoms with van der Waals surface area (Å²) in [5.74, 6) is 0.341. The molecule has 37 heavy (non-hydrogen) atoms. The maximum atomic E-state index is 14.8. The first-order valence-electron chi connectivity index (χ1n) is 12.2. The number of nitrogens with two attached hydrogens (primary N) is 1. The van der Waals surface area contributed by atoms with Gasteiger partial charge in [-0.1, -0.05) is 19.1 Å². The Hall–Kier alpha value is -3.44. The summed E-state index contributed by atoms with van der Waals surface area (Å²) in [6.07, 6.45) is 4.98. The first kappa shape index (κ1) is 25.2. The number of halogens is 2. The molecule has 194 valence electrons. The molecule has 0 spiro atoms. The summed E-state index contributed by atoms with van der Waals surface area (Å²) in [6.45, 7) is 2.95. The van der Waals surface area contributed by atoms with Gasteiger partial charge in [-0.2, -0.15) is 0 Å². The minimum atomic E-state index is -3.73. The number of fused-ring (bicyclic) bond motifs is 1. The summed E-state index contributed by atoms with van der Waals surface area (Å²) in [4.78, 5) is 15.6. The summed E-state index contributed by atoms with van der Waals surface area (Å²) in [5, 5.41) is 8.45. The highest BCUT2D eigenvalue weighted by Crippen LogP contribution is 2.38. The van der Waals surface area contributed by atoms with Crippen molar-refractivity contribution in [3.8, 4) is 0 Å². The zero-order chi connectivity index (χ0) is 26.2. The van der Waals surface area contributed by atoms with E-state index in [-0.39, 0.29) is 16.8 Å². The van der Waals surface area contributed by atoms with Crippen LogP contribution >= 0.6 is 0 Å². The first-order chi connectivity index (χ1) is 17.7. The number of pyridine rings is 1. The van der Waals surface area contributed by atoms with Gasteiger partial charge in [0.2, 0.25) is 10.0 Å². The Bertz CT molecular complexity index is 1480. The number of sulfonamides is 1. The van der Waals surface area contributed by atoms with Gasteiger partial charge in [0.15, 0.2) is 5.82 Å². The molecule has 3 heterocycles. The van der Waals surface area contributed by atoms with E-state index in [1.165, 1.54) is 30.6 Å². The predicted molar refractivity (Wildman–Crippen MR) is 139 cm³/mol. The second kappa shape index (κ2) is 10.1. The molecule has 0 amide bonds. The normalized spacial score (nSPS) is 22.2. The van der Waals surface area contributed by atoms with Crippen molar-refractivity contribution >= 4 is 32.7 Å². The Morgan fingerprint density at radius 2 is 1.95 bits per heavy atom. The van der Waals surface area contributed by atoms with Crippen molar-refractivity contribution < 1.29 is 17.2 Å². The molecule has 0 bridgehead atoms. The molecule has 11 heteroatoms. The van der Waals surface area contributed by atoms with Crippen LogP contribution in [0.15, 0.2) is 71.2 Å². The third kappa shape index (κ3) is 5.19. The SMILES string of the molecule is CC1C(C2CCCN2c2ccc3ncnc(NCCc4ccc(S(N)(=O)=O)cc4)c3n2)=C(F)C=CC1F. The Morgan fingerprint density at radius 1 is 1.16 bits per heavy atom. The second-order valence-corrected chi connectivity index (χ2v) is 10.9. The number of nitrogens with one attached hydrogen (secondary N) is 1. The average Bonchev–Trinajstić information content (AvgIpc) is 3.36. The minimum absolute atomic E-state index is 0.0688. The van der Waals surface area contributed by atoms with E-state index < -0.39 is 22.1 Å². The van der Waals surface area contributed by atoms with E-state index in [0.717, 1.165) is 18.4 Å². The number of hydrogen-bond donors (Lipinski definition) is 2. The van der Waals surface area contributed by atoms with Crippen molar-refractivity contribution in [3.63, 3.8) is 0 Å². The Morgan fingerprint density at radius 3 is 2.70 bits per heavy atom. The lowest BCUT2D eigenvalue weighted by Gasteiger charge is -2.33. The molecule has 0 radical (unpaired) electrons. The summed E-state index contributed by atoms with van der Waals surface area (Å²) in [5.41, 5.74) is 2.68. The van der Waals surface area contributed by atoms with E-state index in [9.17, 15) is 17.2 Å². The van der Waals surface area contributed by atoms with Gasteiger partial charge in [0.25, 0.3) is 0 Å². The van der Waals surface area contributed by atoms with Gasteiger partial charge in [-0.05, 0) is 66.8 Å². The largest absolute Gasteiger partial charge is 0.368 e. The molecule has 5 rings (SSSR count). The molecular formula is C26H28F2N6O2S. The van der Waals surface area contributed by atoms with Crippen molar-refractivity contribution in [1.29, 1.82) is 0 Å². The predicted octanol–water partition coefficient (Wildman–Crippen LogP) is 4.06. The summed E-state index contributed by atoms with van der Waals surface area (Å²) in [7, 11) is -3.73. The van der Waals surface area contributed by atoms with Crippen LogP contribution in [0.3, 0.4) is 0 Å². The number of rotatable bonds is 7. The maximum Gasteiger partial charge on any atom is 0.238 e. The van der Waals surface area contributed by atoms with Gasteiger partial charge < -0.3 is 10.2 Å². The molecule has 3 N–H and O–H groups in total. The monoisotopic (exact) mass is 526 g/mol. The van der Waals surface area contributed by atoms with E-state index in [2.05, 4.69) is 15.3 Å². The van der Waals surface area contributed by atoms with Crippen molar-refractivity contribution in [2.75, 3.05) is 23.3 Å². The molecule has 1 aliphatic heterocycles. The van der Waals surface area contributed by atoms with Crippen LogP contribution in [0.4, 0.5) is 20.4 Å². The van der Waals surface area contributed by atoms with Crippen molar-refractivity contribution in [2.24, 2.45) is 11.1 Å². The fourth-order valence-electron chi connectivity index (χ4n) is 5.05. The van der Waals surface area contributed by atoms with E-state index in [1.54, 1.807) is 19.1 Å². The van der Waals surface area contributed by atoms with E-state index in [4.69, 9.17) is 10.1 Å². The number of anilines is 2. The molecule has 3 unspecified atom stereocenters. The summed E-state index contributed by atoms with van der Waals surface area (Å²) >= 11 is 0. The van der Waals surface area contributed by atoms with E-state index in [1.807, 2.05) is 17.0 Å². The highest BCUT2D eigenvalue weighted by atomic mass is 32.2. The van der Waals surface area contributed by atoms with Gasteiger partial charge >= 0.3 is 0 Å². The van der Waals surface area contributed by atoms with Crippen LogP contribution in [-0.2, 0) is 16.4 Å². The molecule has 1 saturated heterocycles. The van der Waals surface area contributed by atoms with Gasteiger partial charge in [-0.25, -0.2) is 37.3 Å². The maximum absolute atomic E-state index is 14.8. The number of alkyl halides is 1. The standard InChI is InChI=1S/C26H28F2N6O2S/c1-16-19(27)8-9-20(28)24(16)22-3-2-14-34(22)23-11-10-21-25(33-23)26(32-15-31-21)30-13-12-17-4-6-18(7-5-17)37(29,35)36/h4-11,15-16,19,22H,2-3,12-14H2,1H3,(H2,29,35,36)(H,30,31,32). The van der Waals surface area contributed by atoms with Crippen LogP contribution in [0.5, 0.6) is 0 Å². The van der Waals surface area contributed by atoms with Crippen LogP contribution < -0.4 is 15.4 Å². The lowest BCUT2D eigenvalue weighted by molar-refractivity contribution is 0.306. The number of nitrogens with zero attached hydrogens (tertiary/aromatic N) is 4. The number of benzene rings is 1. The summed E-state index contributed by atoms with van der Waals surface area (Å²) in [6, 6.07) is 9.87. The topological polar surface area (TPSA) is 114 Å². The van der Waals surface area contributed by atoms with Crippen molar-refractivity contribution in [2.45, 2.75) is 43.3 Å². The quantitative estimate of drug-likeness (QED) is 0.477. The minimum Gasteiger partial charge on any atom is -0.368 e. The van der Waals surface area contributed by atoms with E-state index in [0.29, 0.717) is 47.8 Å². The molecule has 2 aromatic heterocycles. The fourth-order valence-corrected chi connectivity index (χ4v) is 5.56. The molecule has 3 aromatic rings. The summed E-state index contributed by atoms with van der Waals surface area (Å²) < 4.78 is 52.1. The number of hydrogen-bond acceptors (Lipinski definition) is 7. The third-order valence-corrected chi connectivity index (χ3v) is 7.93. The third-order valence-electron chi connectivity index (χ3n) is 7.00. The Labute approximate surface area is 214 Å².